The van der Waals surface area contributed by atoms with Gasteiger partial charge in [0.2, 0.25) is 0 Å². The molecule has 0 saturated carbocycles. The molecule has 1 aromatic heterocycles. The quantitative estimate of drug-likeness (QED) is 0.777. The molecule has 3 aromatic rings. The van der Waals surface area contributed by atoms with E-state index in [9.17, 15) is 14.4 Å². The van der Waals surface area contributed by atoms with Crippen LogP contribution in [-0.4, -0.2) is 4.98 Å². The van der Waals surface area contributed by atoms with E-state index in [0.717, 1.165) is 16.7 Å². The average Bonchev–Trinajstić information content (AvgIpc) is 2.55. The number of hydrogen-bond donors (Lipinski definition) is 1. The highest BCUT2D eigenvalue weighted by Gasteiger charge is 2.10. The Hall–Kier alpha value is -3.19. The molecule has 0 bridgehead atoms. The van der Waals surface area contributed by atoms with Crippen LogP contribution in [0.1, 0.15) is 11.3 Å². The molecule has 0 unspecified atom stereocenters. The van der Waals surface area contributed by atoms with Crippen molar-refractivity contribution in [2.24, 2.45) is 0 Å². The number of aromatic amines is 1. The van der Waals surface area contributed by atoms with Crippen LogP contribution in [0.5, 0.6) is 0 Å². The van der Waals surface area contributed by atoms with Crippen LogP contribution in [-0.2, 0) is 0 Å². The van der Waals surface area contributed by atoms with E-state index in [2.05, 4.69) is 4.98 Å². The summed E-state index contributed by atoms with van der Waals surface area (Å²) in [6.07, 6.45) is 0. The van der Waals surface area contributed by atoms with E-state index >= 15 is 0 Å². The Morgan fingerprint density at radius 2 is 1.48 bits per heavy atom. The highest BCUT2D eigenvalue weighted by atomic mass is 19.1. The van der Waals surface area contributed by atoms with Crippen LogP contribution in [0.25, 0.3) is 22.3 Å². The van der Waals surface area contributed by atoms with E-state index in [1.165, 1.54) is 12.1 Å². The number of aromatic nitrogens is 1. The zero-order valence-corrected chi connectivity index (χ0v) is 12.4. The van der Waals surface area contributed by atoms with Crippen molar-refractivity contribution in [1.82, 2.24) is 4.98 Å². The molecule has 0 atom stereocenters. The molecule has 3 nitrogen and oxygen atoms in total. The monoisotopic (exact) mass is 304 g/mol. The number of halogens is 1. The Balaban J connectivity index is 2.05. The second kappa shape index (κ2) is 5.90. The minimum Gasteiger partial charge on any atom is -0.325 e. The fraction of sp³-hybridized carbons (Fsp3) is 0.0526. The van der Waals surface area contributed by atoms with Gasteiger partial charge in [0, 0.05) is 11.3 Å². The molecule has 3 rings (SSSR count). The topological polar surface area (TPSA) is 56.6 Å². The maximum atomic E-state index is 13.0. The number of aryl methyl sites for hydroxylation is 1. The van der Waals surface area contributed by atoms with Crippen molar-refractivity contribution in [1.29, 1.82) is 5.26 Å². The number of nitrogens with one attached hydrogen (secondary N) is 1. The van der Waals surface area contributed by atoms with Gasteiger partial charge in [-0.15, -0.1) is 0 Å². The molecule has 23 heavy (non-hydrogen) atoms. The molecule has 0 aliphatic heterocycles. The lowest BCUT2D eigenvalue weighted by Gasteiger charge is -2.07. The number of nitriles is 1. The number of H-pyrrole nitrogens is 1. The lowest BCUT2D eigenvalue weighted by atomic mass is 9.98. The maximum absolute atomic E-state index is 13.0. The van der Waals surface area contributed by atoms with E-state index in [-0.39, 0.29) is 16.9 Å². The SMILES string of the molecule is Cc1cc(-c2ccc(-c3ccc(F)cc3)cc2)c(C#N)c(=O)[nH]1. The summed E-state index contributed by atoms with van der Waals surface area (Å²) >= 11 is 0. The first-order valence-electron chi connectivity index (χ1n) is 7.09. The van der Waals surface area contributed by atoms with Gasteiger partial charge >= 0.3 is 0 Å². The van der Waals surface area contributed by atoms with Crippen LogP contribution in [0.4, 0.5) is 4.39 Å². The molecule has 0 aliphatic carbocycles. The van der Waals surface area contributed by atoms with Gasteiger partial charge in [-0.1, -0.05) is 36.4 Å². The third kappa shape index (κ3) is 2.90. The predicted octanol–water partition coefficient (Wildman–Crippen LogP) is 4.03. The Kier molecular flexibility index (Phi) is 3.78. The van der Waals surface area contributed by atoms with Crippen molar-refractivity contribution >= 4 is 0 Å². The van der Waals surface area contributed by atoms with Crippen LogP contribution < -0.4 is 5.56 Å². The second-order valence-corrected chi connectivity index (χ2v) is 5.27. The fourth-order valence-corrected chi connectivity index (χ4v) is 2.51. The summed E-state index contributed by atoms with van der Waals surface area (Å²) in [5, 5.41) is 9.20. The molecule has 0 spiro atoms. The van der Waals surface area contributed by atoms with Gasteiger partial charge in [0.1, 0.15) is 17.4 Å². The molecule has 0 fully saturated rings. The van der Waals surface area contributed by atoms with Crippen LogP contribution in [0.3, 0.4) is 0 Å². The van der Waals surface area contributed by atoms with Crippen molar-refractivity contribution in [3.63, 3.8) is 0 Å². The predicted molar refractivity (Wildman–Crippen MR) is 87.3 cm³/mol. The van der Waals surface area contributed by atoms with Gasteiger partial charge in [-0.25, -0.2) is 4.39 Å². The standard InChI is InChI=1S/C19H13FN2O/c1-12-10-17(18(11-21)19(23)22-12)15-4-2-13(3-5-15)14-6-8-16(20)9-7-14/h2-10H,1H3,(H,22,23). The van der Waals surface area contributed by atoms with E-state index in [1.54, 1.807) is 25.1 Å². The molecule has 0 radical (unpaired) electrons. The van der Waals surface area contributed by atoms with Crippen LogP contribution in [0, 0.1) is 24.1 Å². The first kappa shape index (κ1) is 14.7. The van der Waals surface area contributed by atoms with Crippen LogP contribution in [0.15, 0.2) is 59.4 Å². The first-order chi connectivity index (χ1) is 11.1. The first-order valence-corrected chi connectivity index (χ1v) is 7.09. The van der Waals surface area contributed by atoms with Crippen LogP contribution in [0.2, 0.25) is 0 Å². The van der Waals surface area contributed by atoms with Crippen molar-refractivity contribution in [3.05, 3.63) is 82.0 Å². The van der Waals surface area contributed by atoms with Gasteiger partial charge in [-0.05, 0) is 41.8 Å². The fourth-order valence-electron chi connectivity index (χ4n) is 2.51. The van der Waals surface area contributed by atoms with Crippen molar-refractivity contribution in [2.45, 2.75) is 6.92 Å². The lowest BCUT2D eigenvalue weighted by molar-refractivity contribution is 0.628. The Bertz CT molecular complexity index is 949. The third-order valence-electron chi connectivity index (χ3n) is 3.65. The zero-order chi connectivity index (χ0) is 16.4. The number of benzene rings is 2. The smallest absolute Gasteiger partial charge is 0.266 e. The minimum absolute atomic E-state index is 0.102. The average molecular weight is 304 g/mol. The van der Waals surface area contributed by atoms with E-state index in [0.29, 0.717) is 11.3 Å². The summed E-state index contributed by atoms with van der Waals surface area (Å²) in [7, 11) is 0. The summed E-state index contributed by atoms with van der Waals surface area (Å²) in [6, 6.07) is 17.5. The maximum Gasteiger partial charge on any atom is 0.266 e. The number of rotatable bonds is 2. The zero-order valence-electron chi connectivity index (χ0n) is 12.4. The van der Waals surface area contributed by atoms with Gasteiger partial charge in [-0.2, -0.15) is 5.26 Å². The molecule has 0 amide bonds. The number of nitrogens with zero attached hydrogens (tertiary/aromatic N) is 1. The number of pyridine rings is 1. The summed E-state index contributed by atoms with van der Waals surface area (Å²) in [5.41, 5.74) is 3.66. The summed E-state index contributed by atoms with van der Waals surface area (Å²) in [5.74, 6) is -0.275. The molecule has 1 heterocycles. The van der Waals surface area contributed by atoms with E-state index < -0.39 is 0 Å². The number of hydrogen-bond acceptors (Lipinski definition) is 2. The molecule has 2 aromatic carbocycles. The molecule has 112 valence electrons. The Morgan fingerprint density at radius 3 is 2.04 bits per heavy atom. The third-order valence-corrected chi connectivity index (χ3v) is 3.65. The van der Waals surface area contributed by atoms with Crippen LogP contribution >= 0.6 is 0 Å². The van der Waals surface area contributed by atoms with Gasteiger partial charge in [0.05, 0.1) is 0 Å². The second-order valence-electron chi connectivity index (χ2n) is 5.27. The highest BCUT2D eigenvalue weighted by molar-refractivity contribution is 5.74. The molecular formula is C19H13FN2O. The van der Waals surface area contributed by atoms with E-state index in [4.69, 9.17) is 0 Å². The van der Waals surface area contributed by atoms with Crippen molar-refractivity contribution in [2.75, 3.05) is 0 Å². The molecule has 1 N–H and O–H groups in total. The van der Waals surface area contributed by atoms with Gasteiger partial charge < -0.3 is 4.98 Å². The normalized spacial score (nSPS) is 10.3. The largest absolute Gasteiger partial charge is 0.325 e. The van der Waals surface area contributed by atoms with Gasteiger partial charge in [0.25, 0.3) is 5.56 Å². The highest BCUT2D eigenvalue weighted by Crippen LogP contribution is 2.26. The summed E-state index contributed by atoms with van der Waals surface area (Å²) < 4.78 is 13.0. The lowest BCUT2D eigenvalue weighted by Crippen LogP contribution is -2.12. The minimum atomic E-state index is -0.384. The molecule has 0 saturated heterocycles. The Labute approximate surface area is 132 Å². The van der Waals surface area contributed by atoms with Gasteiger partial charge in [-0.3, -0.25) is 4.79 Å². The molecule has 0 aliphatic rings. The molecule has 4 heteroatoms. The Morgan fingerprint density at radius 1 is 0.957 bits per heavy atom. The van der Waals surface area contributed by atoms with Crippen molar-refractivity contribution in [3.8, 4) is 28.3 Å². The van der Waals surface area contributed by atoms with Gasteiger partial charge in [0.15, 0.2) is 0 Å². The summed E-state index contributed by atoms with van der Waals surface area (Å²) in [6.45, 7) is 1.78. The summed E-state index contributed by atoms with van der Waals surface area (Å²) in [4.78, 5) is 14.5. The van der Waals surface area contributed by atoms with Crippen molar-refractivity contribution < 1.29 is 4.39 Å². The van der Waals surface area contributed by atoms with E-state index in [1.807, 2.05) is 30.3 Å². The molecular weight excluding hydrogens is 291 g/mol.